The van der Waals surface area contributed by atoms with E-state index in [2.05, 4.69) is 11.9 Å². The number of nitrogens with zero attached hydrogens (tertiary/aromatic N) is 2. The lowest BCUT2D eigenvalue weighted by Gasteiger charge is -2.56. The predicted molar refractivity (Wildman–Crippen MR) is 95.1 cm³/mol. The molecule has 2 aliphatic rings. The standard InChI is InChI=1S/C19H24N2O2S/c1-20(14-15-4-2-12-23-15)17-6-7-19(17)8-10-21(11-9-19)18(22)16-5-3-13-24-16/h2-5,12-13,17H,6-11,14H2,1H3. The first kappa shape index (κ1) is 15.9. The molecule has 1 atom stereocenters. The fourth-order valence-corrected chi connectivity index (χ4v) is 5.11. The molecule has 128 valence electrons. The number of hydrogen-bond acceptors (Lipinski definition) is 4. The minimum atomic E-state index is 0.208. The normalized spacial score (nSPS) is 22.8. The molecule has 2 fully saturated rings. The van der Waals surface area contributed by atoms with Crippen LogP contribution in [0.25, 0.3) is 0 Å². The van der Waals surface area contributed by atoms with E-state index in [1.807, 2.05) is 34.5 Å². The molecule has 24 heavy (non-hydrogen) atoms. The lowest BCUT2D eigenvalue weighted by atomic mass is 9.58. The van der Waals surface area contributed by atoms with Crippen LogP contribution in [0.2, 0.25) is 0 Å². The number of thiophene rings is 1. The molecular weight excluding hydrogens is 320 g/mol. The number of likely N-dealkylation sites (tertiary alicyclic amines) is 1. The molecule has 0 aromatic carbocycles. The Bertz CT molecular complexity index is 672. The van der Waals surface area contributed by atoms with E-state index in [1.54, 1.807) is 17.6 Å². The molecule has 0 radical (unpaired) electrons. The van der Waals surface area contributed by atoms with E-state index in [0.29, 0.717) is 11.5 Å². The van der Waals surface area contributed by atoms with E-state index in [1.165, 1.54) is 12.8 Å². The lowest BCUT2D eigenvalue weighted by molar-refractivity contribution is -0.0589. The van der Waals surface area contributed by atoms with Crippen molar-refractivity contribution in [2.45, 2.75) is 38.3 Å². The van der Waals surface area contributed by atoms with Crippen LogP contribution in [0, 0.1) is 5.41 Å². The third-order valence-electron chi connectivity index (χ3n) is 5.92. The Balaban J connectivity index is 1.36. The number of carbonyl (C=O) groups excluding carboxylic acids is 1. The van der Waals surface area contributed by atoms with Gasteiger partial charge in [0, 0.05) is 19.1 Å². The average Bonchev–Trinajstić information content (AvgIpc) is 3.26. The second kappa shape index (κ2) is 6.37. The Morgan fingerprint density at radius 1 is 1.33 bits per heavy atom. The highest BCUT2D eigenvalue weighted by Gasteiger charge is 2.50. The smallest absolute Gasteiger partial charge is 0.263 e. The number of hydrogen-bond donors (Lipinski definition) is 0. The molecule has 3 heterocycles. The zero-order chi connectivity index (χ0) is 16.6. The van der Waals surface area contributed by atoms with Gasteiger partial charge in [-0.2, -0.15) is 0 Å². The second-order valence-corrected chi connectivity index (χ2v) is 8.13. The van der Waals surface area contributed by atoms with Gasteiger partial charge in [-0.25, -0.2) is 0 Å². The van der Waals surface area contributed by atoms with E-state index < -0.39 is 0 Å². The summed E-state index contributed by atoms with van der Waals surface area (Å²) in [5, 5.41) is 1.98. The summed E-state index contributed by atoms with van der Waals surface area (Å²) in [5.74, 6) is 1.24. The zero-order valence-electron chi connectivity index (χ0n) is 14.1. The monoisotopic (exact) mass is 344 g/mol. The highest BCUT2D eigenvalue weighted by atomic mass is 32.1. The minimum absolute atomic E-state index is 0.208. The molecule has 0 N–H and O–H groups in total. The summed E-state index contributed by atoms with van der Waals surface area (Å²) < 4.78 is 5.50. The Morgan fingerprint density at radius 3 is 2.75 bits per heavy atom. The van der Waals surface area contributed by atoms with Crippen LogP contribution in [0.5, 0.6) is 0 Å². The van der Waals surface area contributed by atoms with Crippen LogP contribution in [0.3, 0.4) is 0 Å². The number of piperidine rings is 1. The largest absolute Gasteiger partial charge is 0.468 e. The van der Waals surface area contributed by atoms with Crippen molar-refractivity contribution in [1.29, 1.82) is 0 Å². The van der Waals surface area contributed by atoms with Crippen LogP contribution in [0.1, 0.15) is 41.1 Å². The van der Waals surface area contributed by atoms with E-state index in [4.69, 9.17) is 4.42 Å². The molecule has 1 saturated carbocycles. The molecule has 1 amide bonds. The molecule has 2 aromatic rings. The first-order valence-corrected chi connectivity index (χ1v) is 9.61. The van der Waals surface area contributed by atoms with E-state index in [9.17, 15) is 4.79 Å². The molecule has 0 bridgehead atoms. The first-order valence-electron chi connectivity index (χ1n) is 8.73. The van der Waals surface area contributed by atoms with Gasteiger partial charge in [0.05, 0.1) is 17.7 Å². The molecule has 1 aliphatic carbocycles. The summed E-state index contributed by atoms with van der Waals surface area (Å²) in [6.07, 6.45) is 6.54. The molecular formula is C19H24N2O2S. The van der Waals surface area contributed by atoms with Gasteiger partial charge < -0.3 is 9.32 Å². The van der Waals surface area contributed by atoms with Crippen molar-refractivity contribution < 1.29 is 9.21 Å². The highest BCUT2D eigenvalue weighted by molar-refractivity contribution is 7.12. The third kappa shape index (κ3) is 2.80. The van der Waals surface area contributed by atoms with Gasteiger partial charge in [0.15, 0.2) is 0 Å². The van der Waals surface area contributed by atoms with Crippen LogP contribution in [0.4, 0.5) is 0 Å². The first-order chi connectivity index (χ1) is 11.7. The number of carbonyl (C=O) groups is 1. The van der Waals surface area contributed by atoms with Crippen molar-refractivity contribution in [3.05, 3.63) is 46.5 Å². The Kier molecular flexibility index (Phi) is 4.22. The Hall–Kier alpha value is -1.59. The van der Waals surface area contributed by atoms with Crippen molar-refractivity contribution in [2.24, 2.45) is 5.41 Å². The van der Waals surface area contributed by atoms with Gasteiger partial charge in [0.1, 0.15) is 5.76 Å². The maximum atomic E-state index is 12.5. The zero-order valence-corrected chi connectivity index (χ0v) is 14.9. The van der Waals surface area contributed by atoms with Crippen LogP contribution in [0.15, 0.2) is 40.3 Å². The summed E-state index contributed by atoms with van der Waals surface area (Å²) >= 11 is 1.54. The molecule has 1 spiro atoms. The highest BCUT2D eigenvalue weighted by Crippen LogP contribution is 2.51. The van der Waals surface area contributed by atoms with Gasteiger partial charge in [-0.15, -0.1) is 11.3 Å². The summed E-state index contributed by atoms with van der Waals surface area (Å²) in [6.45, 7) is 2.65. The molecule has 4 rings (SSSR count). The topological polar surface area (TPSA) is 36.7 Å². The minimum Gasteiger partial charge on any atom is -0.468 e. The Morgan fingerprint density at radius 2 is 2.17 bits per heavy atom. The van der Waals surface area contributed by atoms with Crippen LogP contribution in [-0.2, 0) is 6.54 Å². The maximum Gasteiger partial charge on any atom is 0.263 e. The van der Waals surface area contributed by atoms with E-state index in [0.717, 1.165) is 43.1 Å². The van der Waals surface area contributed by atoms with Crippen molar-refractivity contribution >= 4 is 17.2 Å². The molecule has 1 saturated heterocycles. The van der Waals surface area contributed by atoms with Gasteiger partial charge in [-0.05, 0) is 61.7 Å². The lowest BCUT2D eigenvalue weighted by Crippen LogP contribution is -2.58. The van der Waals surface area contributed by atoms with Crippen LogP contribution >= 0.6 is 11.3 Å². The van der Waals surface area contributed by atoms with Gasteiger partial charge in [0.2, 0.25) is 0 Å². The second-order valence-electron chi connectivity index (χ2n) is 7.18. The summed E-state index contributed by atoms with van der Waals surface area (Å²) in [7, 11) is 2.21. The quantitative estimate of drug-likeness (QED) is 0.845. The molecule has 4 nitrogen and oxygen atoms in total. The van der Waals surface area contributed by atoms with E-state index in [-0.39, 0.29) is 5.91 Å². The molecule has 2 aromatic heterocycles. The predicted octanol–water partition coefficient (Wildman–Crippen LogP) is 3.86. The van der Waals surface area contributed by atoms with Gasteiger partial charge in [0.25, 0.3) is 5.91 Å². The molecule has 5 heteroatoms. The fourth-order valence-electron chi connectivity index (χ4n) is 4.42. The van der Waals surface area contributed by atoms with E-state index >= 15 is 0 Å². The number of amides is 1. The summed E-state index contributed by atoms with van der Waals surface area (Å²) in [4.78, 5) is 17.9. The van der Waals surface area contributed by atoms with Gasteiger partial charge in [-0.1, -0.05) is 6.07 Å². The Labute approximate surface area is 147 Å². The van der Waals surface area contributed by atoms with Crippen LogP contribution in [-0.4, -0.2) is 41.9 Å². The molecule has 1 unspecified atom stereocenters. The van der Waals surface area contributed by atoms with Crippen molar-refractivity contribution in [2.75, 3.05) is 20.1 Å². The van der Waals surface area contributed by atoms with Crippen molar-refractivity contribution in [3.8, 4) is 0 Å². The fraction of sp³-hybridized carbons (Fsp3) is 0.526. The summed E-state index contributed by atoms with van der Waals surface area (Å²) in [6, 6.07) is 8.50. The summed E-state index contributed by atoms with van der Waals surface area (Å²) in [5.41, 5.74) is 0.396. The van der Waals surface area contributed by atoms with Crippen molar-refractivity contribution in [1.82, 2.24) is 9.80 Å². The number of rotatable bonds is 4. The van der Waals surface area contributed by atoms with Crippen LogP contribution < -0.4 is 0 Å². The number of furan rings is 1. The maximum absolute atomic E-state index is 12.5. The third-order valence-corrected chi connectivity index (χ3v) is 6.78. The van der Waals surface area contributed by atoms with Gasteiger partial charge in [-0.3, -0.25) is 9.69 Å². The van der Waals surface area contributed by atoms with Gasteiger partial charge >= 0.3 is 0 Å². The average molecular weight is 344 g/mol. The molecule has 1 aliphatic heterocycles. The van der Waals surface area contributed by atoms with Crippen molar-refractivity contribution in [3.63, 3.8) is 0 Å². The SMILES string of the molecule is CN(Cc1ccco1)C1CCC12CCN(C(=O)c1cccs1)CC2.